The molecular weight excluding hydrogens is 418 g/mol. The number of aromatic nitrogens is 2. The molecule has 0 aliphatic rings. The number of aryl methyl sites for hydroxylation is 1. The van der Waals surface area contributed by atoms with Gasteiger partial charge in [0.15, 0.2) is 5.16 Å². The predicted octanol–water partition coefficient (Wildman–Crippen LogP) is 4.70. The van der Waals surface area contributed by atoms with Crippen molar-refractivity contribution in [3.8, 4) is 16.9 Å². The van der Waals surface area contributed by atoms with Crippen LogP contribution in [-0.2, 0) is 4.79 Å². The van der Waals surface area contributed by atoms with Gasteiger partial charge < -0.3 is 15.0 Å². The quantitative estimate of drug-likeness (QED) is 0.337. The van der Waals surface area contributed by atoms with E-state index in [-0.39, 0.29) is 17.2 Å². The normalized spacial score (nSPS) is 10.9. The topological polar surface area (TPSA) is 84.1 Å². The number of carbonyl (C=O) groups is 1. The summed E-state index contributed by atoms with van der Waals surface area (Å²) in [5.41, 5.74) is 2.40. The molecular formula is C22H19N3O3S2. The van der Waals surface area contributed by atoms with Gasteiger partial charge in [0.05, 0.1) is 18.2 Å². The molecule has 0 radical (unpaired) electrons. The summed E-state index contributed by atoms with van der Waals surface area (Å²) in [6.45, 7) is 1.99. The lowest BCUT2D eigenvalue weighted by atomic mass is 10.0. The highest BCUT2D eigenvalue weighted by Crippen LogP contribution is 2.35. The van der Waals surface area contributed by atoms with Crippen LogP contribution in [0, 0.1) is 6.92 Å². The summed E-state index contributed by atoms with van der Waals surface area (Å²) >= 11 is 2.68. The lowest BCUT2D eigenvalue weighted by Crippen LogP contribution is -2.15. The molecule has 0 aliphatic heterocycles. The van der Waals surface area contributed by atoms with E-state index in [2.05, 4.69) is 15.3 Å². The van der Waals surface area contributed by atoms with Crippen molar-refractivity contribution in [1.29, 1.82) is 0 Å². The maximum atomic E-state index is 12.8. The van der Waals surface area contributed by atoms with Crippen LogP contribution in [0.2, 0.25) is 0 Å². The van der Waals surface area contributed by atoms with E-state index < -0.39 is 0 Å². The highest BCUT2D eigenvalue weighted by Gasteiger charge is 2.17. The molecule has 0 aliphatic carbocycles. The van der Waals surface area contributed by atoms with Crippen LogP contribution < -0.4 is 15.6 Å². The van der Waals surface area contributed by atoms with Gasteiger partial charge in [-0.3, -0.25) is 9.59 Å². The van der Waals surface area contributed by atoms with E-state index in [1.165, 1.54) is 23.1 Å². The number of aromatic amines is 1. The van der Waals surface area contributed by atoms with Crippen molar-refractivity contribution in [2.45, 2.75) is 12.1 Å². The number of amides is 1. The number of anilines is 1. The van der Waals surface area contributed by atoms with E-state index in [0.717, 1.165) is 21.8 Å². The van der Waals surface area contributed by atoms with Crippen molar-refractivity contribution in [2.24, 2.45) is 0 Å². The van der Waals surface area contributed by atoms with Gasteiger partial charge >= 0.3 is 0 Å². The Bertz CT molecular complexity index is 1250. The largest absolute Gasteiger partial charge is 0.497 e. The molecule has 6 nitrogen and oxygen atoms in total. The van der Waals surface area contributed by atoms with Crippen LogP contribution in [0.15, 0.2) is 64.5 Å². The molecule has 2 heterocycles. The Kier molecular flexibility index (Phi) is 5.87. The Balaban J connectivity index is 1.51. The number of H-pyrrole nitrogens is 1. The van der Waals surface area contributed by atoms with E-state index in [1.54, 1.807) is 31.4 Å². The Hall–Kier alpha value is -3.10. The van der Waals surface area contributed by atoms with Crippen molar-refractivity contribution in [1.82, 2.24) is 9.97 Å². The molecule has 0 fully saturated rings. The van der Waals surface area contributed by atoms with Gasteiger partial charge in [0.25, 0.3) is 5.56 Å². The molecule has 0 saturated carbocycles. The first-order valence-electron chi connectivity index (χ1n) is 9.20. The van der Waals surface area contributed by atoms with Crippen molar-refractivity contribution in [3.05, 3.63) is 69.8 Å². The minimum atomic E-state index is -0.193. The molecule has 0 spiro atoms. The van der Waals surface area contributed by atoms with Gasteiger partial charge in [-0.25, -0.2) is 4.98 Å². The fraction of sp³-hybridized carbons (Fsp3) is 0.136. The highest BCUT2D eigenvalue weighted by molar-refractivity contribution is 7.99. The second-order valence-corrected chi connectivity index (χ2v) is 8.68. The SMILES string of the molecule is COc1ccc(NC(=O)CSc2nc3sc(C)c(-c4ccccc4)c3c(=O)[nH]2)cc1. The first-order chi connectivity index (χ1) is 14.5. The summed E-state index contributed by atoms with van der Waals surface area (Å²) in [5.74, 6) is 0.676. The Morgan fingerprint density at radius 2 is 1.90 bits per heavy atom. The molecule has 2 aromatic heterocycles. The smallest absolute Gasteiger partial charge is 0.260 e. The second-order valence-electron chi connectivity index (χ2n) is 6.52. The number of hydrogen-bond acceptors (Lipinski definition) is 6. The lowest BCUT2D eigenvalue weighted by Gasteiger charge is -2.06. The molecule has 4 aromatic rings. The molecule has 1 amide bonds. The van der Waals surface area contributed by atoms with Crippen LogP contribution in [0.25, 0.3) is 21.3 Å². The predicted molar refractivity (Wildman–Crippen MR) is 123 cm³/mol. The molecule has 2 aromatic carbocycles. The number of methoxy groups -OCH3 is 1. The first kappa shape index (κ1) is 20.2. The number of nitrogens with one attached hydrogen (secondary N) is 2. The molecule has 0 bridgehead atoms. The summed E-state index contributed by atoms with van der Waals surface area (Å²) in [5, 5.41) is 3.84. The summed E-state index contributed by atoms with van der Waals surface area (Å²) in [4.78, 5) is 34.1. The van der Waals surface area contributed by atoms with Gasteiger partial charge in [0.1, 0.15) is 10.6 Å². The van der Waals surface area contributed by atoms with Crippen LogP contribution in [0.5, 0.6) is 5.75 Å². The van der Waals surface area contributed by atoms with Crippen molar-refractivity contribution in [2.75, 3.05) is 18.2 Å². The van der Waals surface area contributed by atoms with E-state index in [4.69, 9.17) is 4.74 Å². The van der Waals surface area contributed by atoms with Crippen LogP contribution in [0.3, 0.4) is 0 Å². The minimum Gasteiger partial charge on any atom is -0.497 e. The average molecular weight is 438 g/mol. The van der Waals surface area contributed by atoms with E-state index in [9.17, 15) is 9.59 Å². The molecule has 0 saturated heterocycles. The average Bonchev–Trinajstić information content (AvgIpc) is 3.10. The fourth-order valence-electron chi connectivity index (χ4n) is 3.13. The lowest BCUT2D eigenvalue weighted by molar-refractivity contribution is -0.113. The van der Waals surface area contributed by atoms with Gasteiger partial charge in [-0.2, -0.15) is 0 Å². The zero-order valence-electron chi connectivity index (χ0n) is 16.4. The molecule has 4 rings (SSSR count). The van der Waals surface area contributed by atoms with Crippen LogP contribution in [0.4, 0.5) is 5.69 Å². The zero-order chi connectivity index (χ0) is 21.1. The van der Waals surface area contributed by atoms with E-state index in [1.807, 2.05) is 37.3 Å². The number of thiophene rings is 1. The second kappa shape index (κ2) is 8.73. The monoisotopic (exact) mass is 437 g/mol. The van der Waals surface area contributed by atoms with E-state index >= 15 is 0 Å². The Morgan fingerprint density at radius 1 is 1.17 bits per heavy atom. The number of fused-ring (bicyclic) bond motifs is 1. The number of rotatable bonds is 6. The third-order valence-corrected chi connectivity index (χ3v) is 6.36. The summed E-state index contributed by atoms with van der Waals surface area (Å²) in [6.07, 6.45) is 0. The van der Waals surface area contributed by atoms with Gasteiger partial charge in [-0.05, 0) is 36.8 Å². The third-order valence-electron chi connectivity index (χ3n) is 4.49. The minimum absolute atomic E-state index is 0.135. The maximum Gasteiger partial charge on any atom is 0.260 e. The van der Waals surface area contributed by atoms with Gasteiger partial charge in [0, 0.05) is 16.1 Å². The standard InChI is InChI=1S/C22H19N3O3S2/c1-13-18(14-6-4-3-5-7-14)19-20(27)24-22(25-21(19)30-13)29-12-17(26)23-15-8-10-16(28-2)11-9-15/h3-11H,12H2,1-2H3,(H,23,26)(H,24,25,27). The van der Waals surface area contributed by atoms with Crippen LogP contribution in [-0.4, -0.2) is 28.7 Å². The molecule has 0 atom stereocenters. The zero-order valence-corrected chi connectivity index (χ0v) is 18.0. The number of nitrogens with zero attached hydrogens (tertiary/aromatic N) is 1. The fourth-order valence-corrected chi connectivity index (χ4v) is 4.89. The Labute approximate surface area is 181 Å². The molecule has 30 heavy (non-hydrogen) atoms. The summed E-state index contributed by atoms with van der Waals surface area (Å²) in [7, 11) is 1.59. The number of benzene rings is 2. The van der Waals surface area contributed by atoms with Gasteiger partial charge in [-0.15, -0.1) is 11.3 Å². The number of thioether (sulfide) groups is 1. The number of ether oxygens (including phenoxy) is 1. The first-order valence-corrected chi connectivity index (χ1v) is 11.0. The van der Waals surface area contributed by atoms with Crippen molar-refractivity contribution in [3.63, 3.8) is 0 Å². The summed E-state index contributed by atoms with van der Waals surface area (Å²) in [6, 6.07) is 16.9. The van der Waals surface area contributed by atoms with Crippen LogP contribution in [0.1, 0.15) is 4.88 Å². The third kappa shape index (κ3) is 4.24. The van der Waals surface area contributed by atoms with E-state index in [0.29, 0.717) is 21.1 Å². The molecule has 8 heteroatoms. The molecule has 152 valence electrons. The molecule has 0 unspecified atom stereocenters. The summed E-state index contributed by atoms with van der Waals surface area (Å²) < 4.78 is 5.11. The maximum absolute atomic E-state index is 12.8. The van der Waals surface area contributed by atoms with Gasteiger partial charge in [-0.1, -0.05) is 42.1 Å². The van der Waals surface area contributed by atoms with Crippen molar-refractivity contribution >= 4 is 44.9 Å². The number of carbonyl (C=O) groups excluding carboxylic acids is 1. The molecule has 2 N–H and O–H groups in total. The van der Waals surface area contributed by atoms with Gasteiger partial charge in [0.2, 0.25) is 5.91 Å². The highest BCUT2D eigenvalue weighted by atomic mass is 32.2. The van der Waals surface area contributed by atoms with Crippen molar-refractivity contribution < 1.29 is 9.53 Å². The number of hydrogen-bond donors (Lipinski definition) is 2. The Morgan fingerprint density at radius 3 is 2.60 bits per heavy atom. The van der Waals surface area contributed by atoms with Crippen LogP contribution >= 0.6 is 23.1 Å².